The molecule has 0 atom stereocenters. The van der Waals surface area contributed by atoms with Crippen molar-refractivity contribution in [3.05, 3.63) is 53.6 Å². The van der Waals surface area contributed by atoms with E-state index in [1.54, 1.807) is 0 Å². The molecule has 0 saturated heterocycles. The number of nitrogens with one attached hydrogen (secondary N) is 1. The SMILES string of the molecule is Cc1ccc(OCCNc2ccc(OCCC(C)C)cc2)c(C)c1. The van der Waals surface area contributed by atoms with Crippen molar-refractivity contribution < 1.29 is 9.47 Å². The van der Waals surface area contributed by atoms with Crippen LogP contribution in [0.4, 0.5) is 5.69 Å². The highest BCUT2D eigenvalue weighted by Gasteiger charge is 2.00. The molecule has 1 N–H and O–H groups in total. The van der Waals surface area contributed by atoms with E-state index in [4.69, 9.17) is 9.47 Å². The number of benzene rings is 2. The van der Waals surface area contributed by atoms with Gasteiger partial charge < -0.3 is 14.8 Å². The van der Waals surface area contributed by atoms with Gasteiger partial charge in [-0.25, -0.2) is 0 Å². The van der Waals surface area contributed by atoms with E-state index in [0.717, 1.165) is 36.8 Å². The Morgan fingerprint density at radius 1 is 0.917 bits per heavy atom. The monoisotopic (exact) mass is 327 g/mol. The van der Waals surface area contributed by atoms with Crippen molar-refractivity contribution in [3.63, 3.8) is 0 Å². The minimum absolute atomic E-state index is 0.635. The van der Waals surface area contributed by atoms with Gasteiger partial charge in [-0.2, -0.15) is 0 Å². The van der Waals surface area contributed by atoms with Crippen molar-refractivity contribution in [2.45, 2.75) is 34.1 Å². The van der Waals surface area contributed by atoms with Crippen LogP contribution in [-0.2, 0) is 0 Å². The summed E-state index contributed by atoms with van der Waals surface area (Å²) in [6, 6.07) is 14.4. The van der Waals surface area contributed by atoms with Crippen LogP contribution in [0.15, 0.2) is 42.5 Å². The molecule has 3 nitrogen and oxygen atoms in total. The van der Waals surface area contributed by atoms with Gasteiger partial charge in [0, 0.05) is 12.2 Å². The quantitative estimate of drug-likeness (QED) is 0.641. The maximum absolute atomic E-state index is 5.83. The van der Waals surface area contributed by atoms with Gasteiger partial charge in [0.05, 0.1) is 6.61 Å². The molecule has 0 amide bonds. The fraction of sp³-hybridized carbons (Fsp3) is 0.429. The number of hydrogen-bond donors (Lipinski definition) is 1. The topological polar surface area (TPSA) is 30.5 Å². The average molecular weight is 327 g/mol. The van der Waals surface area contributed by atoms with Gasteiger partial charge in [-0.3, -0.25) is 0 Å². The summed E-state index contributed by atoms with van der Waals surface area (Å²) in [6.45, 7) is 10.8. The molecule has 2 rings (SSSR count). The largest absolute Gasteiger partial charge is 0.494 e. The standard InChI is InChI=1S/C21H29NO2/c1-16(2)11-13-23-20-8-6-19(7-9-20)22-12-14-24-21-10-5-17(3)15-18(21)4/h5-10,15-16,22H,11-14H2,1-4H3. The predicted octanol–water partition coefficient (Wildman–Crippen LogP) is 5.22. The summed E-state index contributed by atoms with van der Waals surface area (Å²) in [5.74, 6) is 2.55. The van der Waals surface area contributed by atoms with E-state index < -0.39 is 0 Å². The van der Waals surface area contributed by atoms with Crippen molar-refractivity contribution in [2.24, 2.45) is 5.92 Å². The Morgan fingerprint density at radius 2 is 1.67 bits per heavy atom. The van der Waals surface area contributed by atoms with Gasteiger partial charge in [-0.1, -0.05) is 31.5 Å². The fourth-order valence-electron chi connectivity index (χ4n) is 2.40. The lowest BCUT2D eigenvalue weighted by atomic mass is 10.1. The van der Waals surface area contributed by atoms with Crippen molar-refractivity contribution in [1.29, 1.82) is 0 Å². The number of hydrogen-bond acceptors (Lipinski definition) is 3. The summed E-state index contributed by atoms with van der Waals surface area (Å²) >= 11 is 0. The van der Waals surface area contributed by atoms with Gasteiger partial charge in [-0.15, -0.1) is 0 Å². The molecule has 0 fully saturated rings. The van der Waals surface area contributed by atoms with Gasteiger partial charge >= 0.3 is 0 Å². The summed E-state index contributed by atoms with van der Waals surface area (Å²) in [4.78, 5) is 0. The first-order chi connectivity index (χ1) is 11.5. The van der Waals surface area contributed by atoms with Crippen LogP contribution in [0.1, 0.15) is 31.4 Å². The van der Waals surface area contributed by atoms with Gasteiger partial charge in [-0.05, 0) is 62.1 Å². The van der Waals surface area contributed by atoms with Crippen LogP contribution in [-0.4, -0.2) is 19.8 Å². The van der Waals surface area contributed by atoms with Crippen LogP contribution in [0.3, 0.4) is 0 Å². The number of anilines is 1. The Hall–Kier alpha value is -2.16. The molecule has 3 heteroatoms. The molecule has 0 heterocycles. The molecule has 0 radical (unpaired) electrons. The molecular formula is C21H29NO2. The lowest BCUT2D eigenvalue weighted by Gasteiger charge is -2.12. The zero-order valence-electron chi connectivity index (χ0n) is 15.3. The highest BCUT2D eigenvalue weighted by molar-refractivity contribution is 5.46. The van der Waals surface area contributed by atoms with E-state index in [-0.39, 0.29) is 0 Å². The van der Waals surface area contributed by atoms with Gasteiger partial charge in [0.25, 0.3) is 0 Å². The molecule has 0 saturated carbocycles. The number of ether oxygens (including phenoxy) is 2. The molecular weight excluding hydrogens is 298 g/mol. The van der Waals surface area contributed by atoms with Crippen LogP contribution in [0.2, 0.25) is 0 Å². The minimum atomic E-state index is 0.635. The second kappa shape index (κ2) is 9.21. The van der Waals surface area contributed by atoms with Crippen LogP contribution in [0.25, 0.3) is 0 Å². The Balaban J connectivity index is 1.70. The first kappa shape index (κ1) is 18.2. The van der Waals surface area contributed by atoms with E-state index in [1.165, 1.54) is 11.1 Å². The third-order valence-electron chi connectivity index (χ3n) is 3.84. The summed E-state index contributed by atoms with van der Waals surface area (Å²) in [6.07, 6.45) is 1.08. The van der Waals surface area contributed by atoms with E-state index >= 15 is 0 Å². The fourth-order valence-corrected chi connectivity index (χ4v) is 2.40. The molecule has 0 bridgehead atoms. The van der Waals surface area contributed by atoms with E-state index in [0.29, 0.717) is 12.5 Å². The molecule has 0 aliphatic carbocycles. The van der Waals surface area contributed by atoms with Gasteiger partial charge in [0.2, 0.25) is 0 Å². The Bertz CT molecular complexity index is 620. The molecule has 0 spiro atoms. The third-order valence-corrected chi connectivity index (χ3v) is 3.84. The van der Waals surface area contributed by atoms with Crippen LogP contribution >= 0.6 is 0 Å². The third kappa shape index (κ3) is 6.15. The highest BCUT2D eigenvalue weighted by Crippen LogP contribution is 2.19. The normalized spacial score (nSPS) is 10.7. The maximum atomic E-state index is 5.83. The summed E-state index contributed by atoms with van der Waals surface area (Å²) < 4.78 is 11.6. The first-order valence-corrected chi connectivity index (χ1v) is 8.71. The zero-order valence-corrected chi connectivity index (χ0v) is 15.3. The Kier molecular flexibility index (Phi) is 6.98. The molecule has 0 aliphatic rings. The molecule has 0 aromatic heterocycles. The Morgan fingerprint density at radius 3 is 2.33 bits per heavy atom. The summed E-state index contributed by atoms with van der Waals surface area (Å²) in [5, 5.41) is 3.37. The molecule has 24 heavy (non-hydrogen) atoms. The zero-order chi connectivity index (χ0) is 17.4. The molecule has 2 aromatic carbocycles. The van der Waals surface area contributed by atoms with Crippen molar-refractivity contribution in [3.8, 4) is 11.5 Å². The average Bonchev–Trinajstić information content (AvgIpc) is 2.54. The first-order valence-electron chi connectivity index (χ1n) is 8.71. The summed E-state index contributed by atoms with van der Waals surface area (Å²) in [7, 11) is 0. The van der Waals surface area contributed by atoms with Gasteiger partial charge in [0.15, 0.2) is 0 Å². The molecule has 0 unspecified atom stereocenters. The summed E-state index contributed by atoms with van der Waals surface area (Å²) in [5.41, 5.74) is 3.52. The second-order valence-corrected chi connectivity index (χ2v) is 6.60. The van der Waals surface area contributed by atoms with Crippen molar-refractivity contribution in [2.75, 3.05) is 25.1 Å². The van der Waals surface area contributed by atoms with Gasteiger partial charge in [0.1, 0.15) is 18.1 Å². The number of aryl methyl sites for hydroxylation is 2. The predicted molar refractivity (Wildman–Crippen MR) is 101 cm³/mol. The molecule has 130 valence electrons. The maximum Gasteiger partial charge on any atom is 0.122 e. The Labute approximate surface area is 146 Å². The lowest BCUT2D eigenvalue weighted by molar-refractivity contribution is 0.289. The van der Waals surface area contributed by atoms with Crippen LogP contribution < -0.4 is 14.8 Å². The number of rotatable bonds is 9. The highest BCUT2D eigenvalue weighted by atomic mass is 16.5. The van der Waals surface area contributed by atoms with E-state index in [1.807, 2.05) is 30.3 Å². The van der Waals surface area contributed by atoms with E-state index in [2.05, 4.69) is 45.1 Å². The van der Waals surface area contributed by atoms with Crippen molar-refractivity contribution in [1.82, 2.24) is 0 Å². The minimum Gasteiger partial charge on any atom is -0.494 e. The molecule has 2 aromatic rings. The van der Waals surface area contributed by atoms with Crippen LogP contribution in [0, 0.1) is 19.8 Å². The molecule has 0 aliphatic heterocycles. The van der Waals surface area contributed by atoms with Crippen molar-refractivity contribution >= 4 is 5.69 Å². The van der Waals surface area contributed by atoms with Crippen LogP contribution in [0.5, 0.6) is 11.5 Å². The second-order valence-electron chi connectivity index (χ2n) is 6.60. The smallest absolute Gasteiger partial charge is 0.122 e. The lowest BCUT2D eigenvalue weighted by Crippen LogP contribution is -2.12. The van der Waals surface area contributed by atoms with E-state index in [9.17, 15) is 0 Å².